The molecule has 3 amide bonds. The van der Waals surface area contributed by atoms with Crippen LogP contribution in [0, 0.1) is 0 Å². The van der Waals surface area contributed by atoms with E-state index in [1.54, 1.807) is 31.7 Å². The largest absolute Gasteiger partial charge is 0.444 e. The lowest BCUT2D eigenvalue weighted by atomic mass is 10.1. The van der Waals surface area contributed by atoms with Crippen LogP contribution in [-0.2, 0) is 9.47 Å². The van der Waals surface area contributed by atoms with E-state index in [0.29, 0.717) is 36.6 Å². The molecular weight excluding hydrogens is 564 g/mol. The molecule has 43 heavy (non-hydrogen) atoms. The first-order valence-electron chi connectivity index (χ1n) is 14.4. The lowest BCUT2D eigenvalue weighted by Crippen LogP contribution is -2.50. The zero-order valence-corrected chi connectivity index (χ0v) is 27.5. The van der Waals surface area contributed by atoms with Crippen LogP contribution in [0.25, 0.3) is 5.57 Å². The molecular formula is C33H46N4O5S. The van der Waals surface area contributed by atoms with Gasteiger partial charge in [-0.2, -0.15) is 0 Å². The summed E-state index contributed by atoms with van der Waals surface area (Å²) in [5, 5.41) is 7.40. The number of thiophene rings is 1. The molecule has 0 aliphatic carbocycles. The van der Waals surface area contributed by atoms with E-state index < -0.39 is 17.3 Å². The van der Waals surface area contributed by atoms with Crippen molar-refractivity contribution in [1.82, 2.24) is 15.5 Å². The van der Waals surface area contributed by atoms with Gasteiger partial charge in [0.15, 0.2) is 0 Å². The molecule has 0 spiro atoms. The van der Waals surface area contributed by atoms with Gasteiger partial charge in [0.25, 0.3) is 5.91 Å². The van der Waals surface area contributed by atoms with Gasteiger partial charge in [0.2, 0.25) is 0 Å². The fraction of sp³-hybridized carbons (Fsp3) is 0.424. The highest BCUT2D eigenvalue weighted by Gasteiger charge is 2.27. The van der Waals surface area contributed by atoms with E-state index in [0.717, 1.165) is 11.3 Å². The Morgan fingerprint density at radius 2 is 1.47 bits per heavy atom. The molecule has 1 aliphatic rings. The van der Waals surface area contributed by atoms with Gasteiger partial charge in [0.05, 0.1) is 16.3 Å². The second-order valence-corrected chi connectivity index (χ2v) is 12.5. The number of benzene rings is 1. The van der Waals surface area contributed by atoms with E-state index in [1.165, 1.54) is 11.3 Å². The number of allylic oxidation sites excluding steroid dienone is 2. The third-order valence-electron chi connectivity index (χ3n) is 5.79. The Morgan fingerprint density at radius 1 is 0.884 bits per heavy atom. The Hall–Kier alpha value is -4.05. The van der Waals surface area contributed by atoms with E-state index in [1.807, 2.05) is 76.4 Å². The lowest BCUT2D eigenvalue weighted by molar-refractivity contribution is 0.0240. The average molecular weight is 611 g/mol. The molecule has 0 saturated carbocycles. The molecule has 0 unspecified atom stereocenters. The van der Waals surface area contributed by atoms with Crippen LogP contribution in [0.5, 0.6) is 0 Å². The van der Waals surface area contributed by atoms with Gasteiger partial charge < -0.3 is 24.6 Å². The summed E-state index contributed by atoms with van der Waals surface area (Å²) >= 11 is 1.31. The molecule has 0 bridgehead atoms. The van der Waals surface area contributed by atoms with Crippen molar-refractivity contribution in [3.8, 4) is 0 Å². The monoisotopic (exact) mass is 610 g/mol. The third-order valence-corrected chi connectivity index (χ3v) is 6.71. The maximum Gasteiger partial charge on any atom is 0.412 e. The number of ether oxygens (including phenoxy) is 2. The Morgan fingerprint density at radius 3 is 2.02 bits per heavy atom. The Labute approximate surface area is 260 Å². The highest BCUT2D eigenvalue weighted by Crippen LogP contribution is 2.26. The molecule has 0 atom stereocenters. The summed E-state index contributed by atoms with van der Waals surface area (Å²) in [5.41, 5.74) is 1.59. The Balaban J connectivity index is 0.00000316. The number of piperazine rings is 1. The van der Waals surface area contributed by atoms with Crippen LogP contribution in [0.2, 0.25) is 0 Å². The number of nitrogens with one attached hydrogen (secondary N) is 2. The number of alkyl carbamates (subject to hydrolysis) is 1. The second kappa shape index (κ2) is 15.4. The van der Waals surface area contributed by atoms with E-state index >= 15 is 0 Å². The highest BCUT2D eigenvalue weighted by molar-refractivity contribution is 7.12. The summed E-state index contributed by atoms with van der Waals surface area (Å²) in [6.45, 7) is 25.2. The molecule has 2 heterocycles. The van der Waals surface area contributed by atoms with Gasteiger partial charge in [0.1, 0.15) is 11.2 Å². The number of carbonyl (C=O) groups is 3. The molecule has 2 aromatic rings. The number of nitrogens with zero attached hydrogens (tertiary/aromatic N) is 2. The second-order valence-electron chi connectivity index (χ2n) is 11.6. The minimum atomic E-state index is -0.698. The summed E-state index contributed by atoms with van der Waals surface area (Å²) in [6, 6.07) is 11.3. The molecule has 1 aromatic carbocycles. The van der Waals surface area contributed by atoms with E-state index in [-0.39, 0.29) is 23.4 Å². The van der Waals surface area contributed by atoms with Crippen molar-refractivity contribution in [2.24, 2.45) is 0 Å². The Kier molecular flexibility index (Phi) is 12.6. The molecule has 1 aliphatic heterocycles. The van der Waals surface area contributed by atoms with Crippen LogP contribution >= 0.6 is 11.3 Å². The molecule has 234 valence electrons. The topological polar surface area (TPSA) is 100 Å². The summed E-state index contributed by atoms with van der Waals surface area (Å²) in [7, 11) is 0. The number of rotatable bonds is 7. The molecule has 1 fully saturated rings. The summed E-state index contributed by atoms with van der Waals surface area (Å²) in [4.78, 5) is 42.4. The maximum absolute atomic E-state index is 13.3. The fourth-order valence-electron chi connectivity index (χ4n) is 3.87. The van der Waals surface area contributed by atoms with Crippen LogP contribution in [0.3, 0.4) is 0 Å². The summed E-state index contributed by atoms with van der Waals surface area (Å²) in [5.74, 6) is -0.354. The minimum Gasteiger partial charge on any atom is -0.444 e. The number of hydrogen-bond donors (Lipinski definition) is 2. The van der Waals surface area contributed by atoms with Crippen molar-refractivity contribution in [2.45, 2.75) is 66.6 Å². The lowest BCUT2D eigenvalue weighted by Gasteiger charge is -2.36. The minimum absolute atomic E-state index is 0.166. The molecule has 3 rings (SSSR count). The highest BCUT2D eigenvalue weighted by atomic mass is 32.1. The van der Waals surface area contributed by atoms with Crippen molar-refractivity contribution in [1.29, 1.82) is 0 Å². The van der Waals surface area contributed by atoms with Crippen LogP contribution in [0.15, 0.2) is 72.4 Å². The molecule has 1 aromatic heterocycles. The first-order chi connectivity index (χ1) is 20.1. The number of hydrogen-bond acceptors (Lipinski definition) is 7. The normalized spacial score (nSPS) is 13.7. The van der Waals surface area contributed by atoms with Crippen LogP contribution in [-0.4, -0.2) is 60.4 Å². The van der Waals surface area contributed by atoms with Gasteiger partial charge in [-0.05, 0) is 64.8 Å². The zero-order valence-electron chi connectivity index (χ0n) is 26.7. The predicted octanol–water partition coefficient (Wildman–Crippen LogP) is 7.20. The van der Waals surface area contributed by atoms with Crippen molar-refractivity contribution in [2.75, 3.05) is 31.1 Å². The van der Waals surface area contributed by atoms with Gasteiger partial charge in [-0.25, -0.2) is 9.59 Å². The van der Waals surface area contributed by atoms with Crippen molar-refractivity contribution in [3.05, 3.63) is 82.8 Å². The molecule has 1 saturated heterocycles. The van der Waals surface area contributed by atoms with Crippen molar-refractivity contribution >= 4 is 40.7 Å². The first kappa shape index (κ1) is 35.1. The van der Waals surface area contributed by atoms with E-state index in [2.05, 4.69) is 28.7 Å². The maximum atomic E-state index is 13.3. The zero-order chi connectivity index (χ0) is 32.4. The van der Waals surface area contributed by atoms with Gasteiger partial charge >= 0.3 is 12.2 Å². The van der Waals surface area contributed by atoms with Gasteiger partial charge in [-0.1, -0.05) is 57.3 Å². The third kappa shape index (κ3) is 11.6. The quantitative estimate of drug-likeness (QED) is 0.322. The molecule has 10 heteroatoms. The smallest absolute Gasteiger partial charge is 0.412 e. The van der Waals surface area contributed by atoms with Crippen molar-refractivity contribution < 1.29 is 23.9 Å². The predicted molar refractivity (Wildman–Crippen MR) is 175 cm³/mol. The van der Waals surface area contributed by atoms with E-state index in [4.69, 9.17) is 9.47 Å². The van der Waals surface area contributed by atoms with Gasteiger partial charge in [-0.3, -0.25) is 10.1 Å². The number of anilines is 1. The average Bonchev–Trinajstić information content (AvgIpc) is 3.43. The van der Waals surface area contributed by atoms with Crippen LogP contribution in [0.1, 0.15) is 70.6 Å². The number of carbonyl (C=O) groups excluding carboxylic acids is 3. The number of amides is 3. The van der Waals surface area contributed by atoms with Crippen molar-refractivity contribution in [3.63, 3.8) is 0 Å². The van der Waals surface area contributed by atoms with Gasteiger partial charge in [-0.15, -0.1) is 11.3 Å². The fourth-order valence-corrected chi connectivity index (χ4v) is 4.68. The summed E-state index contributed by atoms with van der Waals surface area (Å²) in [6.07, 6.45) is 0.660. The SMILES string of the molecule is C=C(NC(=O)OC(C)(C)C)/C(=C\C(=C)c1ccccc1)NC(=O)c1cc(N2CCN(C(=O)OC(C)(C)C)CC2)cs1.CC. The molecule has 0 radical (unpaired) electrons. The molecule has 9 nitrogen and oxygen atoms in total. The first-order valence-corrected chi connectivity index (χ1v) is 15.3. The van der Waals surface area contributed by atoms with Gasteiger partial charge in [0, 0.05) is 37.2 Å². The van der Waals surface area contributed by atoms with Crippen LogP contribution in [0.4, 0.5) is 15.3 Å². The summed E-state index contributed by atoms with van der Waals surface area (Å²) < 4.78 is 10.8. The standard InChI is InChI=1S/C31H40N4O5S.C2H6/c1-21(23-12-10-9-11-13-23)18-25(22(2)32-28(37)39-30(3,4)5)33-27(36)26-19-24(20-41-26)34-14-16-35(17-15-34)29(38)40-31(6,7)8;1-2/h9-13,18-20H,1-2,14-17H2,3-8H3,(H,32,37)(H,33,36);1-2H3/b25-18+;. The molecule has 2 N–H and O–H groups in total. The Bertz CT molecular complexity index is 1310. The van der Waals surface area contributed by atoms with Crippen LogP contribution < -0.4 is 15.5 Å². The van der Waals surface area contributed by atoms with E-state index in [9.17, 15) is 14.4 Å².